The molecule has 1 aromatic heterocycles. The Morgan fingerprint density at radius 1 is 1.00 bits per heavy atom. The summed E-state index contributed by atoms with van der Waals surface area (Å²) in [7, 11) is 0. The first kappa shape index (κ1) is 12.9. The third-order valence-corrected chi connectivity index (χ3v) is 2.84. The van der Waals surface area contributed by atoms with Crippen molar-refractivity contribution in [1.29, 1.82) is 0 Å². The predicted molar refractivity (Wildman–Crippen MR) is 65.4 cm³/mol. The topological polar surface area (TPSA) is 12.9 Å². The molecule has 0 fully saturated rings. The number of hydrogen-bond acceptors (Lipinski definition) is 1. The molecule has 18 heavy (non-hydrogen) atoms. The van der Waals surface area contributed by atoms with Crippen LogP contribution in [0.25, 0.3) is 10.9 Å². The fourth-order valence-electron chi connectivity index (χ4n) is 2.20. The normalized spacial score (nSPS) is 13.0. The number of halogens is 3. The number of pyridine rings is 1. The second-order valence-electron chi connectivity index (χ2n) is 5.31. The lowest BCUT2D eigenvalue weighted by Crippen LogP contribution is -2.20. The van der Waals surface area contributed by atoms with Gasteiger partial charge in [0.1, 0.15) is 0 Å². The Morgan fingerprint density at radius 2 is 1.67 bits per heavy atom. The third-order valence-electron chi connectivity index (χ3n) is 2.84. The summed E-state index contributed by atoms with van der Waals surface area (Å²) in [5.74, 6) is 0. The monoisotopic (exact) mass is 253 g/mol. The molecule has 2 rings (SSSR count). The van der Waals surface area contributed by atoms with Crippen molar-refractivity contribution in [3.8, 4) is 0 Å². The maximum atomic E-state index is 13.1. The van der Waals surface area contributed by atoms with E-state index >= 15 is 0 Å². The van der Waals surface area contributed by atoms with Crippen molar-refractivity contribution in [1.82, 2.24) is 4.98 Å². The van der Waals surface area contributed by atoms with Crippen LogP contribution < -0.4 is 0 Å². The highest BCUT2D eigenvalue weighted by Crippen LogP contribution is 2.40. The first-order valence-corrected chi connectivity index (χ1v) is 5.66. The van der Waals surface area contributed by atoms with Crippen LogP contribution in [0.1, 0.15) is 31.9 Å². The molecule has 0 atom stereocenters. The van der Waals surface area contributed by atoms with Gasteiger partial charge in [-0.05, 0) is 29.2 Å². The van der Waals surface area contributed by atoms with Crippen LogP contribution in [0.3, 0.4) is 0 Å². The lowest BCUT2D eigenvalue weighted by molar-refractivity contribution is -0.138. The van der Waals surface area contributed by atoms with E-state index in [1.54, 1.807) is 39.1 Å². The first-order chi connectivity index (χ1) is 8.21. The molecule has 0 spiro atoms. The van der Waals surface area contributed by atoms with Gasteiger partial charge in [-0.15, -0.1) is 0 Å². The molecule has 1 heterocycles. The minimum atomic E-state index is -4.34. The van der Waals surface area contributed by atoms with E-state index in [1.807, 2.05) is 0 Å². The van der Waals surface area contributed by atoms with Gasteiger partial charge in [0.2, 0.25) is 0 Å². The highest BCUT2D eigenvalue weighted by Gasteiger charge is 2.37. The largest absolute Gasteiger partial charge is 0.416 e. The molecular formula is C14H14F3N. The van der Waals surface area contributed by atoms with Crippen molar-refractivity contribution in [2.24, 2.45) is 0 Å². The van der Waals surface area contributed by atoms with Crippen molar-refractivity contribution in [2.45, 2.75) is 32.4 Å². The fourth-order valence-corrected chi connectivity index (χ4v) is 2.20. The minimum absolute atomic E-state index is 0.306. The molecule has 0 saturated heterocycles. The highest BCUT2D eigenvalue weighted by molar-refractivity contribution is 5.84. The number of rotatable bonds is 0. The molecular weight excluding hydrogens is 239 g/mol. The molecule has 0 aliphatic heterocycles. The zero-order valence-electron chi connectivity index (χ0n) is 10.5. The Morgan fingerprint density at radius 3 is 2.22 bits per heavy atom. The van der Waals surface area contributed by atoms with E-state index in [0.29, 0.717) is 16.5 Å². The van der Waals surface area contributed by atoms with Crippen molar-refractivity contribution >= 4 is 10.9 Å². The number of fused-ring (bicyclic) bond motifs is 1. The third kappa shape index (κ3) is 2.19. The lowest BCUT2D eigenvalue weighted by atomic mass is 9.81. The number of hydrogen-bond donors (Lipinski definition) is 0. The van der Waals surface area contributed by atoms with Gasteiger partial charge in [0.25, 0.3) is 0 Å². The zero-order valence-corrected chi connectivity index (χ0v) is 10.5. The van der Waals surface area contributed by atoms with E-state index in [0.717, 1.165) is 6.07 Å². The molecule has 2 aromatic rings. The van der Waals surface area contributed by atoms with Gasteiger partial charge in [-0.2, -0.15) is 13.2 Å². The Hall–Kier alpha value is -1.58. The summed E-state index contributed by atoms with van der Waals surface area (Å²) in [6.07, 6.45) is -2.76. The van der Waals surface area contributed by atoms with Crippen LogP contribution in [-0.2, 0) is 11.6 Å². The second kappa shape index (κ2) is 3.97. The van der Waals surface area contributed by atoms with Crippen LogP contribution in [0, 0.1) is 0 Å². The summed E-state index contributed by atoms with van der Waals surface area (Å²) >= 11 is 0. The van der Waals surface area contributed by atoms with E-state index < -0.39 is 17.2 Å². The average molecular weight is 253 g/mol. The number of aromatic nitrogens is 1. The van der Waals surface area contributed by atoms with Crippen LogP contribution in [0.5, 0.6) is 0 Å². The average Bonchev–Trinajstić information content (AvgIpc) is 2.24. The Balaban J connectivity index is 2.89. The van der Waals surface area contributed by atoms with Gasteiger partial charge >= 0.3 is 6.18 Å². The van der Waals surface area contributed by atoms with Crippen LogP contribution in [0.4, 0.5) is 13.2 Å². The highest BCUT2D eigenvalue weighted by atomic mass is 19.4. The van der Waals surface area contributed by atoms with E-state index in [2.05, 4.69) is 4.98 Å². The molecule has 0 amide bonds. The van der Waals surface area contributed by atoms with Gasteiger partial charge in [-0.25, -0.2) is 0 Å². The number of alkyl halides is 3. The molecule has 0 radical (unpaired) electrons. The zero-order chi connectivity index (χ0) is 13.6. The van der Waals surface area contributed by atoms with Crippen molar-refractivity contribution < 1.29 is 13.2 Å². The first-order valence-electron chi connectivity index (χ1n) is 5.66. The standard InChI is InChI=1S/C14H14F3N/c1-13(2,3)12-9-5-4-8-18-11(9)7-6-10(12)14(15,16)17/h4-8H,1-3H3. The van der Waals surface area contributed by atoms with Crippen molar-refractivity contribution in [3.05, 3.63) is 41.6 Å². The summed E-state index contributed by atoms with van der Waals surface area (Å²) in [5.41, 5.74) is -0.264. The second-order valence-corrected chi connectivity index (χ2v) is 5.31. The van der Waals surface area contributed by atoms with E-state index in [4.69, 9.17) is 0 Å². The summed E-state index contributed by atoms with van der Waals surface area (Å²) < 4.78 is 39.3. The molecule has 0 bridgehead atoms. The smallest absolute Gasteiger partial charge is 0.256 e. The van der Waals surface area contributed by atoms with Gasteiger partial charge in [-0.1, -0.05) is 26.8 Å². The molecule has 0 saturated carbocycles. The van der Waals surface area contributed by atoms with E-state index in [-0.39, 0.29) is 0 Å². The van der Waals surface area contributed by atoms with Crippen LogP contribution in [0.2, 0.25) is 0 Å². The molecule has 0 N–H and O–H groups in total. The maximum Gasteiger partial charge on any atom is 0.416 e. The van der Waals surface area contributed by atoms with Crippen molar-refractivity contribution in [2.75, 3.05) is 0 Å². The summed E-state index contributed by atoms with van der Waals surface area (Å²) in [4.78, 5) is 4.11. The van der Waals surface area contributed by atoms with Gasteiger partial charge in [0.05, 0.1) is 11.1 Å². The van der Waals surface area contributed by atoms with Crippen LogP contribution in [0.15, 0.2) is 30.5 Å². The van der Waals surface area contributed by atoms with Crippen LogP contribution in [-0.4, -0.2) is 4.98 Å². The molecule has 1 nitrogen and oxygen atoms in total. The van der Waals surface area contributed by atoms with Crippen molar-refractivity contribution in [3.63, 3.8) is 0 Å². The minimum Gasteiger partial charge on any atom is -0.256 e. The van der Waals surface area contributed by atoms with Crippen LogP contribution >= 0.6 is 0 Å². The number of nitrogens with zero attached hydrogens (tertiary/aromatic N) is 1. The summed E-state index contributed by atoms with van der Waals surface area (Å²) in [6.45, 7) is 5.35. The fraction of sp³-hybridized carbons (Fsp3) is 0.357. The molecule has 96 valence electrons. The molecule has 4 heteroatoms. The Kier molecular flexibility index (Phi) is 2.84. The van der Waals surface area contributed by atoms with Gasteiger partial charge in [0, 0.05) is 11.6 Å². The SMILES string of the molecule is CC(C)(C)c1c(C(F)(F)F)ccc2ncccc12. The molecule has 0 aliphatic carbocycles. The molecule has 0 unspecified atom stereocenters. The lowest BCUT2D eigenvalue weighted by Gasteiger charge is -2.25. The molecule has 1 aromatic carbocycles. The Bertz CT molecular complexity index is 580. The number of benzene rings is 1. The summed E-state index contributed by atoms with van der Waals surface area (Å²) in [5, 5.41) is 0.569. The van der Waals surface area contributed by atoms with Gasteiger partial charge in [-0.3, -0.25) is 4.98 Å². The van der Waals surface area contributed by atoms with Gasteiger partial charge < -0.3 is 0 Å². The van der Waals surface area contributed by atoms with E-state index in [1.165, 1.54) is 6.07 Å². The quantitative estimate of drug-likeness (QED) is 0.671. The predicted octanol–water partition coefficient (Wildman–Crippen LogP) is 4.55. The molecule has 0 aliphatic rings. The van der Waals surface area contributed by atoms with Gasteiger partial charge in [0.15, 0.2) is 0 Å². The maximum absolute atomic E-state index is 13.1. The Labute approximate surface area is 104 Å². The summed E-state index contributed by atoms with van der Waals surface area (Å²) in [6, 6.07) is 5.90. The van der Waals surface area contributed by atoms with E-state index in [9.17, 15) is 13.2 Å².